The SMILES string of the molecule is COc1ccc(C=Cc2cc(O)cc(O)c2C)cc1. The van der Waals surface area contributed by atoms with Crippen molar-refractivity contribution in [1.82, 2.24) is 0 Å². The van der Waals surface area contributed by atoms with Gasteiger partial charge in [0.25, 0.3) is 0 Å². The molecule has 0 aliphatic carbocycles. The van der Waals surface area contributed by atoms with Crippen molar-refractivity contribution in [2.45, 2.75) is 6.92 Å². The smallest absolute Gasteiger partial charge is 0.122 e. The highest BCUT2D eigenvalue weighted by molar-refractivity contribution is 5.73. The predicted molar refractivity (Wildman–Crippen MR) is 76.4 cm³/mol. The van der Waals surface area contributed by atoms with Crippen LogP contribution in [0.5, 0.6) is 17.2 Å². The second-order valence-electron chi connectivity index (χ2n) is 4.29. The molecule has 0 aliphatic rings. The zero-order valence-corrected chi connectivity index (χ0v) is 10.9. The fourth-order valence-corrected chi connectivity index (χ4v) is 1.78. The Morgan fingerprint density at radius 2 is 1.68 bits per heavy atom. The predicted octanol–water partition coefficient (Wildman–Crippen LogP) is 3.59. The van der Waals surface area contributed by atoms with E-state index < -0.39 is 0 Å². The Morgan fingerprint density at radius 1 is 1.00 bits per heavy atom. The van der Waals surface area contributed by atoms with Crippen molar-refractivity contribution in [3.8, 4) is 17.2 Å². The van der Waals surface area contributed by atoms with E-state index in [1.165, 1.54) is 6.07 Å². The molecule has 2 aromatic carbocycles. The molecule has 0 spiro atoms. The standard InChI is InChI=1S/C16H16O3/c1-11-13(9-14(17)10-16(11)18)6-3-12-4-7-15(19-2)8-5-12/h3-10,17-18H,1-2H3. The lowest BCUT2D eigenvalue weighted by Crippen LogP contribution is -1.83. The van der Waals surface area contributed by atoms with Gasteiger partial charge in [0.05, 0.1) is 7.11 Å². The van der Waals surface area contributed by atoms with E-state index in [1.807, 2.05) is 43.3 Å². The number of phenolic OH excluding ortho intramolecular Hbond substituents is 2. The number of benzene rings is 2. The van der Waals surface area contributed by atoms with Crippen molar-refractivity contribution in [3.05, 3.63) is 53.1 Å². The molecule has 0 fully saturated rings. The summed E-state index contributed by atoms with van der Waals surface area (Å²) >= 11 is 0. The Hall–Kier alpha value is -2.42. The average Bonchev–Trinajstić information content (AvgIpc) is 2.41. The molecule has 0 saturated carbocycles. The Labute approximate surface area is 112 Å². The first-order valence-electron chi connectivity index (χ1n) is 5.95. The second-order valence-corrected chi connectivity index (χ2v) is 4.29. The molecule has 0 bridgehead atoms. The van der Waals surface area contributed by atoms with Gasteiger partial charge in [0, 0.05) is 6.07 Å². The summed E-state index contributed by atoms with van der Waals surface area (Å²) in [6, 6.07) is 10.6. The van der Waals surface area contributed by atoms with Crippen LogP contribution >= 0.6 is 0 Å². The maximum absolute atomic E-state index is 9.64. The van der Waals surface area contributed by atoms with Crippen LogP contribution in [0.2, 0.25) is 0 Å². The third kappa shape index (κ3) is 3.07. The van der Waals surface area contributed by atoms with E-state index in [2.05, 4.69) is 0 Å². The van der Waals surface area contributed by atoms with E-state index in [9.17, 15) is 10.2 Å². The molecule has 3 heteroatoms. The highest BCUT2D eigenvalue weighted by Crippen LogP contribution is 2.27. The number of rotatable bonds is 3. The summed E-state index contributed by atoms with van der Waals surface area (Å²) in [7, 11) is 1.63. The maximum Gasteiger partial charge on any atom is 0.122 e. The van der Waals surface area contributed by atoms with Gasteiger partial charge in [-0.2, -0.15) is 0 Å². The average molecular weight is 256 g/mol. The molecule has 3 nitrogen and oxygen atoms in total. The van der Waals surface area contributed by atoms with E-state index in [1.54, 1.807) is 13.2 Å². The molecule has 19 heavy (non-hydrogen) atoms. The Balaban J connectivity index is 2.27. The van der Waals surface area contributed by atoms with Gasteiger partial charge in [-0.05, 0) is 41.8 Å². The number of hydrogen-bond donors (Lipinski definition) is 2. The third-order valence-electron chi connectivity index (χ3n) is 2.98. The molecule has 0 saturated heterocycles. The molecule has 0 unspecified atom stereocenters. The van der Waals surface area contributed by atoms with Crippen molar-refractivity contribution in [2.24, 2.45) is 0 Å². The van der Waals surface area contributed by atoms with Crippen LogP contribution in [0.4, 0.5) is 0 Å². The summed E-state index contributed by atoms with van der Waals surface area (Å²) in [6.07, 6.45) is 3.78. The molecule has 98 valence electrons. The quantitative estimate of drug-likeness (QED) is 0.825. The number of phenols is 2. The lowest BCUT2D eigenvalue weighted by atomic mass is 10.1. The van der Waals surface area contributed by atoms with Gasteiger partial charge in [-0.3, -0.25) is 0 Å². The Morgan fingerprint density at radius 3 is 2.32 bits per heavy atom. The number of aromatic hydroxyl groups is 2. The van der Waals surface area contributed by atoms with E-state index in [-0.39, 0.29) is 11.5 Å². The van der Waals surface area contributed by atoms with E-state index in [0.29, 0.717) is 0 Å². The fourth-order valence-electron chi connectivity index (χ4n) is 1.78. The first-order chi connectivity index (χ1) is 9.10. The molecule has 2 rings (SSSR count). The van der Waals surface area contributed by atoms with Crippen LogP contribution in [0, 0.1) is 6.92 Å². The van der Waals surface area contributed by atoms with E-state index in [0.717, 1.165) is 22.4 Å². The molecule has 0 amide bonds. The van der Waals surface area contributed by atoms with Crippen LogP contribution in [0.1, 0.15) is 16.7 Å². The normalized spacial score (nSPS) is 10.8. The van der Waals surface area contributed by atoms with Gasteiger partial charge in [0.2, 0.25) is 0 Å². The summed E-state index contributed by atoms with van der Waals surface area (Å²) in [5.41, 5.74) is 2.54. The summed E-state index contributed by atoms with van der Waals surface area (Å²) in [6.45, 7) is 1.81. The lowest BCUT2D eigenvalue weighted by Gasteiger charge is -2.04. The Bertz CT molecular complexity index is 598. The zero-order valence-electron chi connectivity index (χ0n) is 10.9. The van der Waals surface area contributed by atoms with Gasteiger partial charge >= 0.3 is 0 Å². The molecule has 0 aliphatic heterocycles. The molecule has 0 atom stereocenters. The highest BCUT2D eigenvalue weighted by Gasteiger charge is 2.03. The Kier molecular flexibility index (Phi) is 3.76. The van der Waals surface area contributed by atoms with Crippen LogP contribution in [-0.2, 0) is 0 Å². The van der Waals surface area contributed by atoms with Crippen molar-refractivity contribution < 1.29 is 14.9 Å². The first-order valence-corrected chi connectivity index (χ1v) is 5.95. The monoisotopic (exact) mass is 256 g/mol. The summed E-state index contributed by atoms with van der Waals surface area (Å²) in [4.78, 5) is 0. The molecule has 2 N–H and O–H groups in total. The van der Waals surface area contributed by atoms with Crippen LogP contribution in [0.3, 0.4) is 0 Å². The van der Waals surface area contributed by atoms with Crippen LogP contribution in [0.15, 0.2) is 36.4 Å². The molecular formula is C16H16O3. The largest absolute Gasteiger partial charge is 0.508 e. The molecule has 2 aromatic rings. The van der Waals surface area contributed by atoms with Crippen molar-refractivity contribution in [2.75, 3.05) is 7.11 Å². The zero-order chi connectivity index (χ0) is 13.8. The van der Waals surface area contributed by atoms with Crippen LogP contribution < -0.4 is 4.74 Å². The first kappa shape index (κ1) is 13.0. The highest BCUT2D eigenvalue weighted by atomic mass is 16.5. The lowest BCUT2D eigenvalue weighted by molar-refractivity contribution is 0.415. The molecule has 0 radical (unpaired) electrons. The van der Waals surface area contributed by atoms with Gasteiger partial charge in [-0.25, -0.2) is 0 Å². The minimum absolute atomic E-state index is 0.0532. The second kappa shape index (κ2) is 5.48. The van der Waals surface area contributed by atoms with Gasteiger partial charge in [0.1, 0.15) is 17.2 Å². The van der Waals surface area contributed by atoms with Crippen molar-refractivity contribution in [3.63, 3.8) is 0 Å². The van der Waals surface area contributed by atoms with Gasteiger partial charge in [0.15, 0.2) is 0 Å². The van der Waals surface area contributed by atoms with Crippen LogP contribution in [0.25, 0.3) is 12.2 Å². The maximum atomic E-state index is 9.64. The van der Waals surface area contributed by atoms with Gasteiger partial charge < -0.3 is 14.9 Å². The third-order valence-corrected chi connectivity index (χ3v) is 2.98. The van der Waals surface area contributed by atoms with Gasteiger partial charge in [-0.1, -0.05) is 24.3 Å². The molecular weight excluding hydrogens is 240 g/mol. The van der Waals surface area contributed by atoms with Gasteiger partial charge in [-0.15, -0.1) is 0 Å². The fraction of sp³-hybridized carbons (Fsp3) is 0.125. The molecule has 0 heterocycles. The van der Waals surface area contributed by atoms with Crippen LogP contribution in [-0.4, -0.2) is 17.3 Å². The minimum atomic E-state index is 0.0532. The van der Waals surface area contributed by atoms with E-state index >= 15 is 0 Å². The number of hydrogen-bond acceptors (Lipinski definition) is 3. The van der Waals surface area contributed by atoms with E-state index in [4.69, 9.17) is 4.74 Å². The minimum Gasteiger partial charge on any atom is -0.508 e. The summed E-state index contributed by atoms with van der Waals surface area (Å²) < 4.78 is 5.09. The number of ether oxygens (including phenoxy) is 1. The molecule has 0 aromatic heterocycles. The number of methoxy groups -OCH3 is 1. The topological polar surface area (TPSA) is 49.7 Å². The summed E-state index contributed by atoms with van der Waals surface area (Å²) in [5.74, 6) is 0.954. The summed E-state index contributed by atoms with van der Waals surface area (Å²) in [5, 5.41) is 19.1. The van der Waals surface area contributed by atoms with Crippen molar-refractivity contribution >= 4 is 12.2 Å². The van der Waals surface area contributed by atoms with Crippen molar-refractivity contribution in [1.29, 1.82) is 0 Å².